The molecule has 1 nitrogen and oxygen atoms in total. The molecule has 0 aromatic heterocycles. The third-order valence-corrected chi connectivity index (χ3v) is 4.93. The molecule has 3 aromatic rings. The third kappa shape index (κ3) is 2.84. The second-order valence-electron chi connectivity index (χ2n) is 6.40. The van der Waals surface area contributed by atoms with Crippen LogP contribution in [0.25, 0.3) is 22.3 Å². The number of nitrogens with zero attached hydrogens (tertiary/aromatic N) is 1. The van der Waals surface area contributed by atoms with Crippen molar-refractivity contribution < 1.29 is 0 Å². The fourth-order valence-electron chi connectivity index (χ4n) is 3.08. The molecule has 0 aliphatic carbocycles. The lowest BCUT2D eigenvalue weighted by atomic mass is 9.92. The van der Waals surface area contributed by atoms with E-state index in [0.29, 0.717) is 0 Å². The molecule has 0 aliphatic rings. The van der Waals surface area contributed by atoms with Gasteiger partial charge in [0.05, 0.1) is 11.6 Å². The first-order chi connectivity index (χ1) is 11.5. The van der Waals surface area contributed by atoms with Crippen LogP contribution < -0.4 is 0 Å². The van der Waals surface area contributed by atoms with Crippen molar-refractivity contribution in [3.8, 4) is 28.3 Å². The van der Waals surface area contributed by atoms with Gasteiger partial charge in [0.25, 0.3) is 0 Å². The zero-order chi connectivity index (χ0) is 17.3. The van der Waals surface area contributed by atoms with Crippen molar-refractivity contribution in [1.29, 1.82) is 5.26 Å². The molecular formula is C23H21N. The number of hydrogen-bond acceptors (Lipinski definition) is 1. The van der Waals surface area contributed by atoms with E-state index < -0.39 is 0 Å². The average molecular weight is 311 g/mol. The minimum absolute atomic E-state index is 0.737. The summed E-state index contributed by atoms with van der Waals surface area (Å²) in [5.74, 6) is 0. The van der Waals surface area contributed by atoms with Crippen molar-refractivity contribution in [3.05, 3.63) is 82.4 Å². The van der Waals surface area contributed by atoms with Gasteiger partial charge in [-0.1, -0.05) is 48.5 Å². The largest absolute Gasteiger partial charge is 0.192 e. The minimum atomic E-state index is 0.737. The Kier molecular flexibility index (Phi) is 4.23. The van der Waals surface area contributed by atoms with Gasteiger partial charge in [0.1, 0.15) is 0 Å². The molecule has 0 heterocycles. The van der Waals surface area contributed by atoms with Gasteiger partial charge in [-0.3, -0.25) is 0 Å². The predicted octanol–water partition coefficient (Wildman–Crippen LogP) is 6.13. The van der Waals surface area contributed by atoms with E-state index in [2.05, 4.69) is 69.3 Å². The lowest BCUT2D eigenvalue weighted by molar-refractivity contribution is 1.27. The van der Waals surface area contributed by atoms with E-state index >= 15 is 0 Å². The average Bonchev–Trinajstić information content (AvgIpc) is 2.60. The van der Waals surface area contributed by atoms with E-state index in [1.165, 1.54) is 33.4 Å². The second-order valence-corrected chi connectivity index (χ2v) is 6.40. The molecule has 0 bridgehead atoms. The quantitative estimate of drug-likeness (QED) is 0.559. The van der Waals surface area contributed by atoms with Crippen molar-refractivity contribution in [2.75, 3.05) is 0 Å². The van der Waals surface area contributed by atoms with Crippen LogP contribution in [0.15, 0.2) is 54.6 Å². The van der Waals surface area contributed by atoms with E-state index in [0.717, 1.165) is 16.7 Å². The summed E-state index contributed by atoms with van der Waals surface area (Å²) in [5.41, 5.74) is 10.6. The van der Waals surface area contributed by atoms with Gasteiger partial charge in [0.2, 0.25) is 0 Å². The lowest BCUT2D eigenvalue weighted by Crippen LogP contribution is -1.91. The standard InChI is InChI=1S/C23H21N/c1-15-5-12-23(18(4)17(15)3)20-8-6-19(7-9-20)21-10-11-22(14-24)16(2)13-21/h5-13H,1-4H3. The lowest BCUT2D eigenvalue weighted by Gasteiger charge is -2.12. The van der Waals surface area contributed by atoms with Crippen LogP contribution in [-0.4, -0.2) is 0 Å². The highest BCUT2D eigenvalue weighted by molar-refractivity contribution is 5.73. The van der Waals surface area contributed by atoms with Gasteiger partial charge in [0.15, 0.2) is 0 Å². The highest BCUT2D eigenvalue weighted by Gasteiger charge is 2.07. The number of benzene rings is 3. The smallest absolute Gasteiger partial charge is 0.0994 e. The zero-order valence-corrected chi connectivity index (χ0v) is 14.6. The Hall–Kier alpha value is -2.85. The number of rotatable bonds is 2. The normalized spacial score (nSPS) is 10.5. The summed E-state index contributed by atoms with van der Waals surface area (Å²) in [6.07, 6.45) is 0. The molecule has 0 amide bonds. The molecule has 0 aliphatic heterocycles. The molecule has 0 radical (unpaired) electrons. The fraction of sp³-hybridized carbons (Fsp3) is 0.174. The van der Waals surface area contributed by atoms with E-state index in [4.69, 9.17) is 5.26 Å². The third-order valence-electron chi connectivity index (χ3n) is 4.93. The molecule has 0 saturated heterocycles. The molecule has 118 valence electrons. The Labute approximate surface area is 144 Å². The molecule has 3 aromatic carbocycles. The van der Waals surface area contributed by atoms with Crippen LogP contribution >= 0.6 is 0 Å². The van der Waals surface area contributed by atoms with Crippen molar-refractivity contribution >= 4 is 0 Å². The summed E-state index contributed by atoms with van der Waals surface area (Å²) >= 11 is 0. The van der Waals surface area contributed by atoms with Crippen LogP contribution in [0.4, 0.5) is 0 Å². The maximum atomic E-state index is 9.06. The van der Waals surface area contributed by atoms with Crippen LogP contribution in [-0.2, 0) is 0 Å². The van der Waals surface area contributed by atoms with Gasteiger partial charge in [0, 0.05) is 0 Å². The van der Waals surface area contributed by atoms with E-state index in [9.17, 15) is 0 Å². The highest BCUT2D eigenvalue weighted by atomic mass is 14.2. The SMILES string of the molecule is Cc1cc(-c2ccc(-c3ccc(C)c(C)c3C)cc2)ccc1C#N. The molecular weight excluding hydrogens is 290 g/mol. The van der Waals surface area contributed by atoms with Crippen LogP contribution in [0, 0.1) is 39.0 Å². The molecule has 1 heteroatoms. The van der Waals surface area contributed by atoms with Gasteiger partial charge >= 0.3 is 0 Å². The maximum Gasteiger partial charge on any atom is 0.0994 e. The van der Waals surface area contributed by atoms with Gasteiger partial charge in [-0.25, -0.2) is 0 Å². The van der Waals surface area contributed by atoms with Crippen LogP contribution in [0.1, 0.15) is 27.8 Å². The first kappa shape index (κ1) is 16.0. The predicted molar refractivity (Wildman–Crippen MR) is 101 cm³/mol. The minimum Gasteiger partial charge on any atom is -0.192 e. The molecule has 0 spiro atoms. The fourth-order valence-corrected chi connectivity index (χ4v) is 3.08. The van der Waals surface area contributed by atoms with Crippen LogP contribution in [0.2, 0.25) is 0 Å². The monoisotopic (exact) mass is 311 g/mol. The van der Waals surface area contributed by atoms with Gasteiger partial charge < -0.3 is 0 Å². The van der Waals surface area contributed by atoms with Crippen molar-refractivity contribution in [2.24, 2.45) is 0 Å². The first-order valence-corrected chi connectivity index (χ1v) is 8.19. The van der Waals surface area contributed by atoms with Gasteiger partial charge in [-0.15, -0.1) is 0 Å². The summed E-state index contributed by atoms with van der Waals surface area (Å²) in [6.45, 7) is 8.51. The Balaban J connectivity index is 1.99. The molecule has 0 unspecified atom stereocenters. The molecule has 0 N–H and O–H groups in total. The summed E-state index contributed by atoms with van der Waals surface area (Å²) in [4.78, 5) is 0. The van der Waals surface area contributed by atoms with Crippen molar-refractivity contribution in [2.45, 2.75) is 27.7 Å². The Bertz CT molecular complexity index is 941. The summed E-state index contributed by atoms with van der Waals surface area (Å²) in [6, 6.07) is 21.3. The number of hydrogen-bond donors (Lipinski definition) is 0. The van der Waals surface area contributed by atoms with Gasteiger partial charge in [-0.05, 0) is 78.3 Å². The van der Waals surface area contributed by atoms with E-state index in [1.807, 2.05) is 19.1 Å². The van der Waals surface area contributed by atoms with Crippen LogP contribution in [0.3, 0.4) is 0 Å². The van der Waals surface area contributed by atoms with Crippen LogP contribution in [0.5, 0.6) is 0 Å². The van der Waals surface area contributed by atoms with Gasteiger partial charge in [-0.2, -0.15) is 5.26 Å². The number of aryl methyl sites for hydroxylation is 2. The molecule has 24 heavy (non-hydrogen) atoms. The Morgan fingerprint density at radius 1 is 0.625 bits per heavy atom. The first-order valence-electron chi connectivity index (χ1n) is 8.19. The van der Waals surface area contributed by atoms with Crippen molar-refractivity contribution in [1.82, 2.24) is 0 Å². The topological polar surface area (TPSA) is 23.8 Å². The van der Waals surface area contributed by atoms with E-state index in [-0.39, 0.29) is 0 Å². The Morgan fingerprint density at radius 3 is 1.88 bits per heavy atom. The Morgan fingerprint density at radius 2 is 1.25 bits per heavy atom. The second kappa shape index (κ2) is 6.34. The summed E-state index contributed by atoms with van der Waals surface area (Å²) in [5, 5.41) is 9.06. The molecule has 0 saturated carbocycles. The molecule has 0 atom stereocenters. The maximum absolute atomic E-state index is 9.06. The van der Waals surface area contributed by atoms with E-state index in [1.54, 1.807) is 0 Å². The number of nitriles is 1. The summed E-state index contributed by atoms with van der Waals surface area (Å²) in [7, 11) is 0. The highest BCUT2D eigenvalue weighted by Crippen LogP contribution is 2.30. The summed E-state index contributed by atoms with van der Waals surface area (Å²) < 4.78 is 0. The molecule has 0 fully saturated rings. The zero-order valence-electron chi connectivity index (χ0n) is 14.6. The van der Waals surface area contributed by atoms with Crippen molar-refractivity contribution in [3.63, 3.8) is 0 Å². The molecule has 3 rings (SSSR count).